The molecule has 1 aliphatic heterocycles. The first-order valence-electron chi connectivity index (χ1n) is 11.9. The third kappa shape index (κ3) is 5.39. The monoisotopic (exact) mass is 496 g/mol. The molecule has 4 heterocycles. The van der Waals surface area contributed by atoms with E-state index in [1.54, 1.807) is 12.1 Å². The number of rotatable bonds is 7. The zero-order valence-corrected chi connectivity index (χ0v) is 20.4. The molecule has 0 bridgehead atoms. The second kappa shape index (κ2) is 10.4. The molecule has 1 fully saturated rings. The van der Waals surface area contributed by atoms with Crippen LogP contribution in [0.1, 0.15) is 36.9 Å². The van der Waals surface area contributed by atoms with Crippen LogP contribution in [-0.2, 0) is 17.8 Å². The van der Waals surface area contributed by atoms with Crippen molar-refractivity contribution in [3.8, 4) is 5.88 Å². The molecule has 0 aromatic carbocycles. The van der Waals surface area contributed by atoms with Crippen molar-refractivity contribution in [1.82, 2.24) is 20.3 Å². The predicted molar refractivity (Wildman–Crippen MR) is 134 cm³/mol. The van der Waals surface area contributed by atoms with Gasteiger partial charge >= 0.3 is 0 Å². The molecular formula is C25H29FN6O2S. The molecule has 1 aliphatic carbocycles. The van der Waals surface area contributed by atoms with E-state index in [1.165, 1.54) is 25.1 Å². The van der Waals surface area contributed by atoms with E-state index in [0.717, 1.165) is 36.3 Å². The van der Waals surface area contributed by atoms with Crippen molar-refractivity contribution in [2.45, 2.75) is 55.6 Å². The SMILES string of the molecule is COc1ccc2ncc(F)c(C[C@H](N)[C@H]3CC[C@@H](NCc4ccc5c(n4)NC(=O)CS5)CC3)c2n1. The first-order chi connectivity index (χ1) is 17.0. The maximum absolute atomic E-state index is 14.7. The van der Waals surface area contributed by atoms with E-state index in [4.69, 9.17) is 10.5 Å². The van der Waals surface area contributed by atoms with Gasteiger partial charge in [-0.25, -0.2) is 14.4 Å². The standard InChI is InChI=1S/C25H29FN6O2S/c1-34-23-9-7-20-24(32-23)17(18(26)12-29-20)10-19(27)14-2-4-15(5-3-14)28-11-16-6-8-21-25(30-16)31-22(33)13-35-21/h6-9,12,14-15,19,28H,2-5,10-11,13,27H2,1H3,(H,30,31,33)/t14-,15+,19-/m0/s1. The number of fused-ring (bicyclic) bond motifs is 2. The Morgan fingerprint density at radius 3 is 2.86 bits per heavy atom. The third-order valence-electron chi connectivity index (χ3n) is 6.87. The van der Waals surface area contributed by atoms with Crippen LogP contribution in [0.2, 0.25) is 0 Å². The average molecular weight is 497 g/mol. The molecule has 0 spiro atoms. The number of nitrogens with zero attached hydrogens (tertiary/aromatic N) is 3. The summed E-state index contributed by atoms with van der Waals surface area (Å²) in [5, 5.41) is 6.44. The van der Waals surface area contributed by atoms with E-state index < -0.39 is 0 Å². The molecule has 0 radical (unpaired) electrons. The molecule has 3 aromatic rings. The maximum atomic E-state index is 14.7. The molecule has 1 atom stereocenters. The molecule has 3 aromatic heterocycles. The Kier molecular flexibility index (Phi) is 7.12. The summed E-state index contributed by atoms with van der Waals surface area (Å²) in [4.78, 5) is 25.8. The number of carbonyl (C=O) groups excluding carboxylic acids is 1. The number of halogens is 1. The number of pyridine rings is 3. The molecule has 5 rings (SSSR count). The van der Waals surface area contributed by atoms with Crippen LogP contribution in [0, 0.1) is 11.7 Å². The molecule has 2 aliphatic rings. The highest BCUT2D eigenvalue weighted by Crippen LogP contribution is 2.31. The van der Waals surface area contributed by atoms with Crippen molar-refractivity contribution >= 4 is 34.5 Å². The molecule has 4 N–H and O–H groups in total. The molecule has 8 nitrogen and oxygen atoms in total. The normalized spacial score (nSPS) is 20.8. The summed E-state index contributed by atoms with van der Waals surface area (Å²) in [5.74, 6) is 1.45. The Morgan fingerprint density at radius 2 is 2.06 bits per heavy atom. The van der Waals surface area contributed by atoms with Crippen molar-refractivity contribution < 1.29 is 13.9 Å². The van der Waals surface area contributed by atoms with E-state index in [0.29, 0.717) is 59.0 Å². The number of hydrogen-bond acceptors (Lipinski definition) is 8. The summed E-state index contributed by atoms with van der Waals surface area (Å²) in [6.45, 7) is 0.650. The second-order valence-electron chi connectivity index (χ2n) is 9.15. The highest BCUT2D eigenvalue weighted by atomic mass is 32.2. The third-order valence-corrected chi connectivity index (χ3v) is 7.92. The first kappa shape index (κ1) is 23.9. The topological polar surface area (TPSA) is 115 Å². The second-order valence-corrected chi connectivity index (χ2v) is 10.2. The van der Waals surface area contributed by atoms with Gasteiger partial charge in [0.2, 0.25) is 11.8 Å². The predicted octanol–water partition coefficient (Wildman–Crippen LogP) is 3.44. The molecule has 10 heteroatoms. The van der Waals surface area contributed by atoms with Crippen LogP contribution in [0.4, 0.5) is 10.2 Å². The summed E-state index contributed by atoms with van der Waals surface area (Å²) in [6, 6.07) is 7.76. The minimum absolute atomic E-state index is 0.00988. The number of carbonyl (C=O) groups is 1. The van der Waals surface area contributed by atoms with Gasteiger partial charge in [0, 0.05) is 30.3 Å². The van der Waals surface area contributed by atoms with Crippen molar-refractivity contribution in [2.24, 2.45) is 11.7 Å². The summed E-state index contributed by atoms with van der Waals surface area (Å²) in [5.41, 5.74) is 9.15. The fourth-order valence-electron chi connectivity index (χ4n) is 4.89. The van der Waals surface area contributed by atoms with Gasteiger partial charge in [0.1, 0.15) is 11.6 Å². The highest BCUT2D eigenvalue weighted by molar-refractivity contribution is 8.00. The number of amides is 1. The van der Waals surface area contributed by atoms with Gasteiger partial charge in [-0.1, -0.05) is 0 Å². The molecule has 184 valence electrons. The fourth-order valence-corrected chi connectivity index (χ4v) is 5.65. The smallest absolute Gasteiger partial charge is 0.235 e. The Bertz CT molecular complexity index is 1230. The van der Waals surface area contributed by atoms with E-state index in [2.05, 4.69) is 25.6 Å². The molecule has 1 amide bonds. The van der Waals surface area contributed by atoms with Crippen molar-refractivity contribution in [3.05, 3.63) is 47.5 Å². The van der Waals surface area contributed by atoms with E-state index in [-0.39, 0.29) is 17.8 Å². The van der Waals surface area contributed by atoms with Crippen LogP contribution in [0.25, 0.3) is 11.0 Å². The minimum atomic E-state index is -0.379. The van der Waals surface area contributed by atoms with Crippen molar-refractivity contribution in [1.29, 1.82) is 0 Å². The zero-order chi connectivity index (χ0) is 24.4. The van der Waals surface area contributed by atoms with Crippen LogP contribution in [0.3, 0.4) is 0 Å². The highest BCUT2D eigenvalue weighted by Gasteiger charge is 2.27. The number of aromatic nitrogens is 3. The molecule has 0 unspecified atom stereocenters. The number of nitrogens with two attached hydrogens (primary N) is 1. The van der Waals surface area contributed by atoms with Gasteiger partial charge in [-0.15, -0.1) is 11.8 Å². The lowest BCUT2D eigenvalue weighted by Crippen LogP contribution is -2.40. The minimum Gasteiger partial charge on any atom is -0.481 e. The van der Waals surface area contributed by atoms with E-state index >= 15 is 0 Å². The summed E-state index contributed by atoms with van der Waals surface area (Å²) in [6.07, 6.45) is 5.62. The number of nitrogens with one attached hydrogen (secondary N) is 2. The van der Waals surface area contributed by atoms with Crippen LogP contribution < -0.4 is 21.1 Å². The fraction of sp³-hybridized carbons (Fsp3) is 0.440. The molecule has 1 saturated carbocycles. The van der Waals surface area contributed by atoms with Gasteiger partial charge in [0.15, 0.2) is 0 Å². The number of anilines is 1. The molecule has 0 saturated heterocycles. The number of hydrogen-bond donors (Lipinski definition) is 3. The largest absolute Gasteiger partial charge is 0.481 e. The quantitative estimate of drug-likeness (QED) is 0.456. The Balaban J connectivity index is 1.16. The van der Waals surface area contributed by atoms with Crippen LogP contribution in [-0.4, -0.2) is 45.8 Å². The Morgan fingerprint density at radius 1 is 1.23 bits per heavy atom. The van der Waals surface area contributed by atoms with Gasteiger partial charge in [-0.3, -0.25) is 9.78 Å². The first-order valence-corrected chi connectivity index (χ1v) is 12.9. The maximum Gasteiger partial charge on any atom is 0.235 e. The lowest BCUT2D eigenvalue weighted by atomic mass is 9.80. The van der Waals surface area contributed by atoms with Gasteiger partial charge in [-0.05, 0) is 56.2 Å². The van der Waals surface area contributed by atoms with Gasteiger partial charge in [0.25, 0.3) is 0 Å². The summed E-state index contributed by atoms with van der Waals surface area (Å²) < 4.78 is 19.9. The zero-order valence-electron chi connectivity index (χ0n) is 19.6. The van der Waals surface area contributed by atoms with Gasteiger partial charge < -0.3 is 21.1 Å². The number of methoxy groups -OCH3 is 1. The van der Waals surface area contributed by atoms with Crippen LogP contribution in [0.5, 0.6) is 5.88 Å². The average Bonchev–Trinajstić information content (AvgIpc) is 2.88. The Labute approximate surface area is 207 Å². The van der Waals surface area contributed by atoms with E-state index in [1.807, 2.05) is 12.1 Å². The summed E-state index contributed by atoms with van der Waals surface area (Å²) >= 11 is 1.51. The van der Waals surface area contributed by atoms with E-state index in [9.17, 15) is 9.18 Å². The van der Waals surface area contributed by atoms with Crippen LogP contribution in [0.15, 0.2) is 35.4 Å². The Hall–Kier alpha value is -2.82. The summed E-state index contributed by atoms with van der Waals surface area (Å²) in [7, 11) is 1.54. The van der Waals surface area contributed by atoms with Gasteiger partial charge in [-0.2, -0.15) is 0 Å². The lowest BCUT2D eigenvalue weighted by molar-refractivity contribution is -0.113. The number of thioether (sulfide) groups is 1. The van der Waals surface area contributed by atoms with Crippen molar-refractivity contribution in [2.75, 3.05) is 18.2 Å². The molecule has 35 heavy (non-hydrogen) atoms. The van der Waals surface area contributed by atoms with Crippen molar-refractivity contribution in [3.63, 3.8) is 0 Å². The number of ether oxygens (including phenoxy) is 1. The lowest BCUT2D eigenvalue weighted by Gasteiger charge is -2.33. The van der Waals surface area contributed by atoms with Gasteiger partial charge in [0.05, 0.1) is 40.7 Å². The van der Waals surface area contributed by atoms with Crippen LogP contribution >= 0.6 is 11.8 Å². The molecular weight excluding hydrogens is 467 g/mol.